The monoisotopic (exact) mass is 839 g/mol. The minimum atomic E-state index is -0.679. The van der Waals surface area contributed by atoms with Crippen LogP contribution in [0.25, 0.3) is 0 Å². The highest BCUT2D eigenvalue weighted by Crippen LogP contribution is 2.17. The van der Waals surface area contributed by atoms with E-state index < -0.39 is 5.91 Å². The van der Waals surface area contributed by atoms with Crippen LogP contribution in [0.3, 0.4) is 0 Å². The van der Waals surface area contributed by atoms with Crippen molar-refractivity contribution in [3.63, 3.8) is 0 Å². The van der Waals surface area contributed by atoms with Crippen LogP contribution in [0.4, 0.5) is 21.2 Å². The zero-order valence-electron chi connectivity index (χ0n) is 33.5. The quantitative estimate of drug-likeness (QED) is 0.0295. The predicted molar refractivity (Wildman–Crippen MR) is 221 cm³/mol. The number of rotatable bonds is 32. The molecule has 0 fully saturated rings. The fraction of sp³-hybridized carbons (Fsp3) is 0.622. The Morgan fingerprint density at radius 1 is 0.655 bits per heavy atom. The molecule has 0 aliphatic carbocycles. The van der Waals surface area contributed by atoms with E-state index in [9.17, 15) is 14.4 Å². The maximum atomic E-state index is 12.3. The van der Waals surface area contributed by atoms with Crippen LogP contribution in [0.2, 0.25) is 5.15 Å². The maximum Gasteiger partial charge on any atom is 0.314 e. The molecule has 0 aliphatic heterocycles. The number of aliphatic imine (C=N–C) groups is 1. The maximum absolute atomic E-state index is 12.3. The van der Waals surface area contributed by atoms with Crippen LogP contribution in [-0.2, 0) is 30.1 Å². The van der Waals surface area contributed by atoms with Gasteiger partial charge in [0.1, 0.15) is 12.4 Å². The number of carbonyl (C=O) groups is 3. The summed E-state index contributed by atoms with van der Waals surface area (Å²) in [5.41, 5.74) is 18.0. The molecular formula is C37H62ClN11O9. The predicted octanol–water partition coefficient (Wildman–Crippen LogP) is 1.61. The van der Waals surface area contributed by atoms with Crippen molar-refractivity contribution >= 4 is 47.2 Å². The first-order valence-electron chi connectivity index (χ1n) is 19.5. The highest BCUT2D eigenvalue weighted by atomic mass is 35.5. The average Bonchev–Trinajstić information content (AvgIpc) is 3.20. The fourth-order valence-corrected chi connectivity index (χ4v) is 4.82. The molecule has 326 valence electrons. The number of hydrogen-bond donors (Lipinski definition) is 8. The van der Waals surface area contributed by atoms with Crippen molar-refractivity contribution in [3.8, 4) is 5.75 Å². The summed E-state index contributed by atoms with van der Waals surface area (Å²) in [5, 5.41) is 13.3. The molecule has 5 amide bonds. The van der Waals surface area contributed by atoms with Crippen LogP contribution >= 0.6 is 11.6 Å². The molecule has 0 unspecified atom stereocenters. The van der Waals surface area contributed by atoms with Crippen molar-refractivity contribution in [2.45, 2.75) is 45.4 Å². The second-order valence-electron chi connectivity index (χ2n) is 12.4. The summed E-state index contributed by atoms with van der Waals surface area (Å²) in [6.07, 6.45) is 4.92. The highest BCUT2D eigenvalue weighted by molar-refractivity contribution is 6.31. The number of nitrogens with two attached hydrogens (primary N) is 3. The van der Waals surface area contributed by atoms with E-state index in [1.54, 1.807) is 0 Å². The number of unbranched alkanes of at least 4 members (excludes halogenated alkanes) is 2. The van der Waals surface area contributed by atoms with E-state index in [4.69, 9.17) is 57.2 Å². The van der Waals surface area contributed by atoms with E-state index in [1.807, 2.05) is 31.2 Å². The number of aryl methyl sites for hydroxylation is 1. The summed E-state index contributed by atoms with van der Waals surface area (Å²) in [6.45, 7) is 9.40. The van der Waals surface area contributed by atoms with Gasteiger partial charge in [-0.1, -0.05) is 30.7 Å². The third-order valence-electron chi connectivity index (χ3n) is 7.64. The molecule has 0 atom stereocenters. The first-order chi connectivity index (χ1) is 28.2. The van der Waals surface area contributed by atoms with Gasteiger partial charge in [0.25, 0.3) is 5.91 Å². The average molecular weight is 840 g/mol. The Morgan fingerprint density at radius 2 is 1.17 bits per heavy atom. The fourth-order valence-electron chi connectivity index (χ4n) is 4.70. The molecule has 21 heteroatoms. The van der Waals surface area contributed by atoms with Crippen LogP contribution in [0.15, 0.2) is 29.3 Å². The molecule has 1 heterocycles. The Kier molecular flexibility index (Phi) is 27.5. The number of ether oxygens (including phenoxy) is 6. The summed E-state index contributed by atoms with van der Waals surface area (Å²) in [7, 11) is 0. The first-order valence-corrected chi connectivity index (χ1v) is 19.9. The number of hydrogen-bond acceptors (Lipinski definition) is 14. The SMILES string of the molecule is CCCOCCOCCNC(=O)NCCCCNC(=O)NCCOCCOCCOCCOc1ccc(CCCCN=C(N)NC(=O)c2nc(Cl)c(N)nc2N)cc1. The summed E-state index contributed by atoms with van der Waals surface area (Å²) >= 11 is 5.81. The number of nitrogens with zero attached hydrogens (tertiary/aromatic N) is 3. The van der Waals surface area contributed by atoms with E-state index in [-0.39, 0.29) is 40.5 Å². The van der Waals surface area contributed by atoms with Gasteiger partial charge in [-0.2, -0.15) is 0 Å². The molecule has 0 spiro atoms. The van der Waals surface area contributed by atoms with E-state index in [0.717, 1.165) is 56.4 Å². The third kappa shape index (κ3) is 24.8. The van der Waals surface area contributed by atoms with Gasteiger partial charge < -0.3 is 66.9 Å². The van der Waals surface area contributed by atoms with Gasteiger partial charge in [0.2, 0.25) is 0 Å². The molecule has 0 bridgehead atoms. The molecule has 1 aromatic heterocycles. The van der Waals surface area contributed by atoms with Crippen LogP contribution < -0.4 is 48.5 Å². The first kappa shape index (κ1) is 49.4. The van der Waals surface area contributed by atoms with Crippen molar-refractivity contribution in [1.82, 2.24) is 36.6 Å². The number of amides is 5. The molecule has 2 rings (SSSR count). The second-order valence-corrected chi connectivity index (χ2v) is 12.8. The van der Waals surface area contributed by atoms with E-state index >= 15 is 0 Å². The molecule has 20 nitrogen and oxygen atoms in total. The number of nitrogens with one attached hydrogen (secondary N) is 5. The Labute approximate surface area is 345 Å². The lowest BCUT2D eigenvalue weighted by molar-refractivity contribution is 0.0101. The van der Waals surface area contributed by atoms with Gasteiger partial charge in [-0.05, 0) is 56.2 Å². The summed E-state index contributed by atoms with van der Waals surface area (Å²) < 4.78 is 33.0. The molecule has 58 heavy (non-hydrogen) atoms. The van der Waals surface area contributed by atoms with Crippen molar-refractivity contribution in [3.05, 3.63) is 40.7 Å². The zero-order valence-corrected chi connectivity index (χ0v) is 34.2. The molecule has 11 N–H and O–H groups in total. The van der Waals surface area contributed by atoms with E-state index in [2.05, 4.69) is 41.5 Å². The van der Waals surface area contributed by atoms with Crippen molar-refractivity contribution in [2.75, 3.05) is 117 Å². The number of aromatic nitrogens is 2. The van der Waals surface area contributed by atoms with Gasteiger partial charge >= 0.3 is 12.1 Å². The summed E-state index contributed by atoms with van der Waals surface area (Å²) in [4.78, 5) is 47.7. The van der Waals surface area contributed by atoms with Crippen molar-refractivity contribution in [1.29, 1.82) is 0 Å². The van der Waals surface area contributed by atoms with Crippen molar-refractivity contribution in [2.24, 2.45) is 10.7 Å². The normalized spacial score (nSPS) is 11.2. The number of carbonyl (C=O) groups excluding carboxylic acids is 3. The molecular weight excluding hydrogens is 778 g/mol. The second kappa shape index (κ2) is 32.3. The number of anilines is 2. The smallest absolute Gasteiger partial charge is 0.314 e. The summed E-state index contributed by atoms with van der Waals surface area (Å²) in [6, 6.07) is 7.35. The van der Waals surface area contributed by atoms with Gasteiger partial charge in [-0.25, -0.2) is 19.6 Å². The Morgan fingerprint density at radius 3 is 1.74 bits per heavy atom. The Hall–Kier alpha value is -4.73. The number of benzene rings is 1. The van der Waals surface area contributed by atoms with Crippen LogP contribution in [-0.4, -0.2) is 139 Å². The third-order valence-corrected chi connectivity index (χ3v) is 7.92. The van der Waals surface area contributed by atoms with Crippen LogP contribution in [0.5, 0.6) is 5.75 Å². The topological polar surface area (TPSA) is 283 Å². The number of halogens is 1. The van der Waals surface area contributed by atoms with Gasteiger partial charge in [0.15, 0.2) is 28.4 Å². The largest absolute Gasteiger partial charge is 0.491 e. The van der Waals surface area contributed by atoms with Gasteiger partial charge in [0, 0.05) is 39.3 Å². The van der Waals surface area contributed by atoms with Crippen LogP contribution in [0.1, 0.15) is 55.1 Å². The molecule has 1 aromatic carbocycles. The van der Waals surface area contributed by atoms with E-state index in [0.29, 0.717) is 98.8 Å². The molecule has 2 aromatic rings. The highest BCUT2D eigenvalue weighted by Gasteiger charge is 2.16. The lowest BCUT2D eigenvalue weighted by Crippen LogP contribution is -2.39. The zero-order chi connectivity index (χ0) is 42.1. The van der Waals surface area contributed by atoms with Crippen LogP contribution in [0, 0.1) is 0 Å². The van der Waals surface area contributed by atoms with Gasteiger partial charge in [-0.3, -0.25) is 15.1 Å². The lowest BCUT2D eigenvalue weighted by atomic mass is 10.1. The van der Waals surface area contributed by atoms with Crippen molar-refractivity contribution < 1.29 is 42.8 Å². The minimum absolute atomic E-state index is 0.0615. The standard InChI is InChI=1S/C37H62ClN11O9/c1-2-17-53-20-21-54-18-15-45-36(51)43-13-5-6-14-44-37(52)46-16-19-55-22-23-56-24-25-57-26-27-58-29-10-8-28(9-11-29)7-3-4-12-42-35(41)49-34(50)30-32(39)48-33(40)31(38)47-30/h8-11H,2-7,12-27H2,1H3,(H4,39,40,48)(H2,43,45,51)(H2,44,46,52)(H3,41,42,49,50). The van der Waals surface area contributed by atoms with E-state index in [1.165, 1.54) is 0 Å². The number of urea groups is 2. The number of nitrogen functional groups attached to an aromatic ring is 2. The Bertz CT molecular complexity index is 1480. The minimum Gasteiger partial charge on any atom is -0.491 e. The summed E-state index contributed by atoms with van der Waals surface area (Å²) in [5.74, 6) is -0.221. The lowest BCUT2D eigenvalue weighted by Gasteiger charge is -2.10. The molecule has 0 saturated carbocycles. The molecule has 0 saturated heterocycles. The molecule has 0 radical (unpaired) electrons. The van der Waals surface area contributed by atoms with Gasteiger partial charge in [-0.15, -0.1) is 0 Å². The Balaban J connectivity index is 1.34. The van der Waals surface area contributed by atoms with Gasteiger partial charge in [0.05, 0.1) is 59.5 Å². The molecule has 0 aliphatic rings. The number of guanidine groups is 1.